The van der Waals surface area contributed by atoms with E-state index in [2.05, 4.69) is 42.4 Å². The number of hydrogen-bond donors (Lipinski definition) is 1. The molecule has 160 valence electrons. The SMILES string of the molecule is CCOc1cc(/C=N/NC(=O)c2ccccc2Br)cc(Br)c1OCc1ccccc1Cl. The fourth-order valence-corrected chi connectivity index (χ4v) is 3.93. The second kappa shape index (κ2) is 11.3. The molecule has 0 spiro atoms. The van der Waals surface area contributed by atoms with E-state index < -0.39 is 0 Å². The molecule has 0 bridgehead atoms. The Bertz CT molecular complexity index is 1110. The van der Waals surface area contributed by atoms with Crippen molar-refractivity contribution >= 4 is 55.6 Å². The maximum atomic E-state index is 12.3. The van der Waals surface area contributed by atoms with Gasteiger partial charge in [0.15, 0.2) is 11.5 Å². The number of rotatable bonds is 8. The first-order valence-electron chi connectivity index (χ1n) is 9.40. The minimum atomic E-state index is -0.312. The van der Waals surface area contributed by atoms with Gasteiger partial charge in [0.05, 0.1) is 22.9 Å². The number of ether oxygens (including phenoxy) is 2. The van der Waals surface area contributed by atoms with Gasteiger partial charge in [-0.3, -0.25) is 4.79 Å². The van der Waals surface area contributed by atoms with E-state index in [0.717, 1.165) is 11.1 Å². The fourth-order valence-electron chi connectivity index (χ4n) is 2.70. The van der Waals surface area contributed by atoms with Crippen LogP contribution in [0.4, 0.5) is 0 Å². The van der Waals surface area contributed by atoms with Crippen LogP contribution in [0.5, 0.6) is 11.5 Å². The number of halogens is 3. The third-order valence-corrected chi connectivity index (χ3v) is 5.81. The van der Waals surface area contributed by atoms with Crippen LogP contribution in [0.2, 0.25) is 5.02 Å². The molecule has 0 aromatic heterocycles. The zero-order valence-corrected chi connectivity index (χ0v) is 20.5. The summed E-state index contributed by atoms with van der Waals surface area (Å²) in [5, 5.41) is 4.70. The summed E-state index contributed by atoms with van der Waals surface area (Å²) in [6, 6.07) is 18.3. The third kappa shape index (κ3) is 6.32. The summed E-state index contributed by atoms with van der Waals surface area (Å²) in [5.41, 5.74) is 4.63. The van der Waals surface area contributed by atoms with Crippen LogP contribution in [0.1, 0.15) is 28.4 Å². The predicted molar refractivity (Wildman–Crippen MR) is 130 cm³/mol. The van der Waals surface area contributed by atoms with Crippen molar-refractivity contribution in [1.82, 2.24) is 5.43 Å². The third-order valence-electron chi connectivity index (χ3n) is 4.16. The zero-order valence-electron chi connectivity index (χ0n) is 16.6. The molecule has 0 saturated heterocycles. The largest absolute Gasteiger partial charge is 0.490 e. The fraction of sp³-hybridized carbons (Fsp3) is 0.130. The molecule has 3 aromatic rings. The van der Waals surface area contributed by atoms with Gasteiger partial charge in [0.1, 0.15) is 6.61 Å². The Morgan fingerprint density at radius 2 is 1.81 bits per heavy atom. The van der Waals surface area contributed by atoms with Gasteiger partial charge in [-0.25, -0.2) is 5.43 Å². The minimum Gasteiger partial charge on any atom is -0.490 e. The summed E-state index contributed by atoms with van der Waals surface area (Å²) in [6.45, 7) is 2.66. The molecule has 0 aliphatic heterocycles. The Morgan fingerprint density at radius 3 is 2.55 bits per heavy atom. The maximum absolute atomic E-state index is 12.3. The van der Waals surface area contributed by atoms with Crippen LogP contribution in [0.25, 0.3) is 0 Å². The molecule has 0 radical (unpaired) electrons. The molecule has 8 heteroatoms. The monoisotopic (exact) mass is 564 g/mol. The molecule has 5 nitrogen and oxygen atoms in total. The van der Waals surface area contributed by atoms with Gasteiger partial charge in [0.25, 0.3) is 5.91 Å². The van der Waals surface area contributed by atoms with Crippen LogP contribution in [-0.2, 0) is 6.61 Å². The van der Waals surface area contributed by atoms with Crippen molar-refractivity contribution in [1.29, 1.82) is 0 Å². The first kappa shape index (κ1) is 23.3. The van der Waals surface area contributed by atoms with Gasteiger partial charge >= 0.3 is 0 Å². The topological polar surface area (TPSA) is 59.9 Å². The normalized spacial score (nSPS) is 10.8. The quantitative estimate of drug-likeness (QED) is 0.247. The van der Waals surface area contributed by atoms with Crippen molar-refractivity contribution in [2.75, 3.05) is 6.61 Å². The molecule has 1 amide bonds. The number of hydrogen-bond acceptors (Lipinski definition) is 4. The van der Waals surface area contributed by atoms with Crippen molar-refractivity contribution in [2.45, 2.75) is 13.5 Å². The highest BCUT2D eigenvalue weighted by atomic mass is 79.9. The van der Waals surface area contributed by atoms with Gasteiger partial charge in [0.2, 0.25) is 0 Å². The Balaban J connectivity index is 1.74. The number of carbonyl (C=O) groups is 1. The van der Waals surface area contributed by atoms with Crippen LogP contribution in [0, 0.1) is 0 Å². The van der Waals surface area contributed by atoms with Crippen LogP contribution in [-0.4, -0.2) is 18.7 Å². The molecule has 3 rings (SSSR count). The van der Waals surface area contributed by atoms with Gasteiger partial charge in [-0.15, -0.1) is 0 Å². The van der Waals surface area contributed by atoms with E-state index in [0.29, 0.717) is 44.2 Å². The van der Waals surface area contributed by atoms with Crippen LogP contribution >= 0.6 is 43.5 Å². The molecule has 31 heavy (non-hydrogen) atoms. The summed E-state index contributed by atoms with van der Waals surface area (Å²) in [6.07, 6.45) is 1.54. The summed E-state index contributed by atoms with van der Waals surface area (Å²) in [7, 11) is 0. The van der Waals surface area contributed by atoms with Crippen molar-refractivity contribution < 1.29 is 14.3 Å². The molecular formula is C23H19Br2ClN2O3. The summed E-state index contributed by atoms with van der Waals surface area (Å²) in [5.74, 6) is 0.811. The van der Waals surface area contributed by atoms with Gasteiger partial charge in [0, 0.05) is 15.1 Å². The lowest BCUT2D eigenvalue weighted by molar-refractivity contribution is 0.0954. The Hall–Kier alpha value is -2.35. The standard InChI is InChI=1S/C23H19Br2ClN2O3/c1-2-30-21-12-15(13-27-28-23(29)17-8-4-5-9-18(17)24)11-19(25)22(21)31-14-16-7-3-6-10-20(16)26/h3-13H,2,14H2,1H3,(H,28,29)/b27-13+. The van der Waals surface area contributed by atoms with Crippen LogP contribution in [0.15, 0.2) is 74.7 Å². The molecule has 0 aliphatic carbocycles. The molecular weight excluding hydrogens is 548 g/mol. The van der Waals surface area contributed by atoms with E-state index in [4.69, 9.17) is 21.1 Å². The number of hydrazone groups is 1. The average Bonchev–Trinajstić information content (AvgIpc) is 2.75. The van der Waals surface area contributed by atoms with E-state index in [9.17, 15) is 4.79 Å². The lowest BCUT2D eigenvalue weighted by Crippen LogP contribution is -2.18. The first-order chi connectivity index (χ1) is 15.0. The Kier molecular flexibility index (Phi) is 8.51. The van der Waals surface area contributed by atoms with Gasteiger partial charge in [-0.2, -0.15) is 5.10 Å². The highest BCUT2D eigenvalue weighted by Crippen LogP contribution is 2.37. The van der Waals surface area contributed by atoms with E-state index in [-0.39, 0.29) is 5.91 Å². The van der Waals surface area contributed by atoms with Crippen LogP contribution in [0.3, 0.4) is 0 Å². The second-order valence-electron chi connectivity index (χ2n) is 6.32. The molecule has 0 unspecified atom stereocenters. The van der Waals surface area contributed by atoms with E-state index in [1.165, 1.54) is 0 Å². The highest BCUT2D eigenvalue weighted by Gasteiger charge is 2.13. The molecule has 1 N–H and O–H groups in total. The lowest BCUT2D eigenvalue weighted by atomic mass is 10.2. The average molecular weight is 567 g/mol. The van der Waals surface area contributed by atoms with Crippen molar-refractivity contribution in [3.63, 3.8) is 0 Å². The zero-order chi connectivity index (χ0) is 22.2. The summed E-state index contributed by atoms with van der Waals surface area (Å²) < 4.78 is 13.1. The van der Waals surface area contributed by atoms with Crippen molar-refractivity contribution in [3.8, 4) is 11.5 Å². The van der Waals surface area contributed by atoms with Crippen LogP contribution < -0.4 is 14.9 Å². The first-order valence-corrected chi connectivity index (χ1v) is 11.4. The van der Waals surface area contributed by atoms with Crippen molar-refractivity contribution in [2.24, 2.45) is 5.10 Å². The molecule has 0 atom stereocenters. The molecule has 0 saturated carbocycles. The number of nitrogens with zero attached hydrogens (tertiary/aromatic N) is 1. The number of benzene rings is 3. The van der Waals surface area contributed by atoms with Gasteiger partial charge in [-0.05, 0) is 74.7 Å². The predicted octanol–water partition coefficient (Wildman–Crippen LogP) is 6.61. The van der Waals surface area contributed by atoms with Crippen molar-refractivity contribution in [3.05, 3.63) is 91.3 Å². The Morgan fingerprint density at radius 1 is 1.06 bits per heavy atom. The van der Waals surface area contributed by atoms with Gasteiger partial charge in [-0.1, -0.05) is 41.9 Å². The second-order valence-corrected chi connectivity index (χ2v) is 8.44. The highest BCUT2D eigenvalue weighted by molar-refractivity contribution is 9.10. The molecule has 3 aromatic carbocycles. The Labute approximate surface area is 202 Å². The number of carbonyl (C=O) groups excluding carboxylic acids is 1. The van der Waals surface area contributed by atoms with E-state index >= 15 is 0 Å². The molecule has 0 fully saturated rings. The summed E-state index contributed by atoms with van der Waals surface area (Å²) >= 11 is 13.1. The van der Waals surface area contributed by atoms with E-state index in [1.807, 2.05) is 43.3 Å². The lowest BCUT2D eigenvalue weighted by Gasteiger charge is -2.15. The number of amides is 1. The molecule has 0 heterocycles. The maximum Gasteiger partial charge on any atom is 0.272 e. The smallest absolute Gasteiger partial charge is 0.272 e. The molecule has 0 aliphatic rings. The van der Waals surface area contributed by atoms with E-state index in [1.54, 1.807) is 30.5 Å². The number of nitrogens with one attached hydrogen (secondary N) is 1. The summed E-state index contributed by atoms with van der Waals surface area (Å²) in [4.78, 5) is 12.3. The van der Waals surface area contributed by atoms with Gasteiger partial charge < -0.3 is 9.47 Å². The minimum absolute atomic E-state index is 0.299.